The van der Waals surface area contributed by atoms with Crippen LogP contribution in [0.2, 0.25) is 0 Å². The highest BCUT2D eigenvalue weighted by Gasteiger charge is 2.16. The zero-order valence-corrected chi connectivity index (χ0v) is 15.5. The fraction of sp³-hybridized carbons (Fsp3) is 0.136. The number of benzene rings is 2. The van der Waals surface area contributed by atoms with Crippen molar-refractivity contribution in [2.24, 2.45) is 0 Å². The lowest BCUT2D eigenvalue weighted by molar-refractivity contribution is 0.216. The molecule has 4 aromatic rings. The first-order valence-corrected chi connectivity index (χ1v) is 9.22. The Bertz CT molecular complexity index is 1200. The molecule has 0 bridgehead atoms. The largest absolute Gasteiger partial charge is 0.472 e. The molecule has 0 spiro atoms. The monoisotopic (exact) mass is 388 g/mol. The Morgan fingerprint density at radius 3 is 2.79 bits per heavy atom. The van der Waals surface area contributed by atoms with Crippen LogP contribution in [0.25, 0.3) is 22.3 Å². The van der Waals surface area contributed by atoms with Gasteiger partial charge < -0.3 is 9.47 Å². The van der Waals surface area contributed by atoms with Crippen LogP contribution in [0.4, 0.5) is 4.39 Å². The van der Waals surface area contributed by atoms with Crippen molar-refractivity contribution in [3.63, 3.8) is 0 Å². The standard InChI is InChI=1S/C22H17FN4O2/c23-19-10-16(17-8-9-28-13-17)6-7-20(19)27-21-18(11-26-27)22(25-14-24-21)29-12-15-4-2-1-3-5-15/h1-8,10-11,14H,9,12-13H2. The Balaban J connectivity index is 1.47. The third-order valence-corrected chi connectivity index (χ3v) is 4.80. The van der Waals surface area contributed by atoms with Crippen LogP contribution in [-0.2, 0) is 11.3 Å². The third-order valence-electron chi connectivity index (χ3n) is 4.80. The van der Waals surface area contributed by atoms with E-state index < -0.39 is 0 Å². The first kappa shape index (κ1) is 17.5. The lowest BCUT2D eigenvalue weighted by Crippen LogP contribution is -2.03. The second-order valence-electron chi connectivity index (χ2n) is 6.66. The lowest BCUT2D eigenvalue weighted by atomic mass is 10.1. The molecule has 0 radical (unpaired) electrons. The highest BCUT2D eigenvalue weighted by molar-refractivity contribution is 5.81. The van der Waals surface area contributed by atoms with Crippen molar-refractivity contribution in [3.8, 4) is 11.6 Å². The van der Waals surface area contributed by atoms with Gasteiger partial charge in [0.1, 0.15) is 29.8 Å². The van der Waals surface area contributed by atoms with Gasteiger partial charge in [0.05, 0.1) is 19.4 Å². The summed E-state index contributed by atoms with van der Waals surface area (Å²) in [6.07, 6.45) is 4.95. The molecule has 5 rings (SSSR count). The van der Waals surface area contributed by atoms with Gasteiger partial charge in [0.2, 0.25) is 5.88 Å². The average molecular weight is 388 g/mol. The summed E-state index contributed by atoms with van der Waals surface area (Å²) in [6, 6.07) is 14.9. The maximum absolute atomic E-state index is 14.9. The Morgan fingerprint density at radius 1 is 1.10 bits per heavy atom. The van der Waals surface area contributed by atoms with Gasteiger partial charge in [-0.2, -0.15) is 5.10 Å². The smallest absolute Gasteiger partial charge is 0.228 e. The predicted molar refractivity (Wildman–Crippen MR) is 106 cm³/mol. The van der Waals surface area contributed by atoms with Gasteiger partial charge >= 0.3 is 0 Å². The second kappa shape index (κ2) is 7.44. The van der Waals surface area contributed by atoms with Crippen molar-refractivity contribution in [1.82, 2.24) is 19.7 Å². The second-order valence-corrected chi connectivity index (χ2v) is 6.66. The van der Waals surface area contributed by atoms with E-state index >= 15 is 0 Å². The van der Waals surface area contributed by atoms with Crippen LogP contribution < -0.4 is 4.74 Å². The number of fused-ring (bicyclic) bond motifs is 1. The highest BCUT2D eigenvalue weighted by atomic mass is 19.1. The van der Waals surface area contributed by atoms with Gasteiger partial charge in [0.15, 0.2) is 5.65 Å². The molecular formula is C22H17FN4O2. The fourth-order valence-electron chi connectivity index (χ4n) is 3.31. The van der Waals surface area contributed by atoms with Crippen molar-refractivity contribution >= 4 is 16.6 Å². The SMILES string of the molecule is Fc1cc(C2=CCOC2)ccc1-n1ncc2c(OCc3ccccc3)ncnc21. The zero-order chi connectivity index (χ0) is 19.6. The normalized spacial score (nSPS) is 13.6. The molecular weight excluding hydrogens is 371 g/mol. The van der Waals surface area contributed by atoms with E-state index in [1.807, 2.05) is 42.5 Å². The molecule has 1 aliphatic heterocycles. The van der Waals surface area contributed by atoms with E-state index in [4.69, 9.17) is 9.47 Å². The summed E-state index contributed by atoms with van der Waals surface area (Å²) < 4.78 is 27.5. The number of hydrogen-bond acceptors (Lipinski definition) is 5. The first-order chi connectivity index (χ1) is 14.3. The van der Waals surface area contributed by atoms with Gasteiger partial charge in [0, 0.05) is 0 Å². The molecule has 0 saturated heterocycles. The van der Waals surface area contributed by atoms with Gasteiger partial charge in [-0.3, -0.25) is 0 Å². The minimum atomic E-state index is -0.384. The molecule has 1 aliphatic rings. The molecule has 0 atom stereocenters. The minimum absolute atomic E-state index is 0.316. The van der Waals surface area contributed by atoms with Crippen LogP contribution in [-0.4, -0.2) is 33.0 Å². The summed E-state index contributed by atoms with van der Waals surface area (Å²) in [5, 5.41) is 4.95. The molecule has 144 valence electrons. The molecule has 2 aromatic heterocycles. The Hall–Kier alpha value is -3.58. The number of aromatic nitrogens is 4. The zero-order valence-electron chi connectivity index (χ0n) is 15.5. The van der Waals surface area contributed by atoms with E-state index in [1.54, 1.807) is 12.3 Å². The van der Waals surface area contributed by atoms with Gasteiger partial charge in [0.25, 0.3) is 0 Å². The molecule has 2 aromatic carbocycles. The van der Waals surface area contributed by atoms with Crippen molar-refractivity contribution in [3.05, 3.63) is 84.1 Å². The van der Waals surface area contributed by atoms with E-state index in [0.29, 0.717) is 42.4 Å². The van der Waals surface area contributed by atoms with E-state index in [9.17, 15) is 4.39 Å². The molecule has 0 amide bonds. The summed E-state index contributed by atoms with van der Waals surface area (Å²) in [5.41, 5.74) is 3.62. The molecule has 0 saturated carbocycles. The van der Waals surface area contributed by atoms with E-state index in [-0.39, 0.29) is 5.82 Å². The van der Waals surface area contributed by atoms with Crippen LogP contribution in [0, 0.1) is 5.82 Å². The summed E-state index contributed by atoms with van der Waals surface area (Å²) in [5.74, 6) is 0.0288. The van der Waals surface area contributed by atoms with Gasteiger partial charge in [-0.25, -0.2) is 19.0 Å². The van der Waals surface area contributed by atoms with Gasteiger partial charge in [-0.15, -0.1) is 0 Å². The summed E-state index contributed by atoms with van der Waals surface area (Å²) >= 11 is 0. The van der Waals surface area contributed by atoms with Crippen LogP contribution in [0.3, 0.4) is 0 Å². The molecule has 6 nitrogen and oxygen atoms in total. The molecule has 3 heterocycles. The van der Waals surface area contributed by atoms with Crippen molar-refractivity contribution in [2.45, 2.75) is 6.61 Å². The minimum Gasteiger partial charge on any atom is -0.472 e. The van der Waals surface area contributed by atoms with E-state index in [2.05, 4.69) is 15.1 Å². The Morgan fingerprint density at radius 2 is 2.00 bits per heavy atom. The van der Waals surface area contributed by atoms with Crippen LogP contribution in [0.1, 0.15) is 11.1 Å². The highest BCUT2D eigenvalue weighted by Crippen LogP contribution is 2.27. The summed E-state index contributed by atoms with van der Waals surface area (Å²) in [4.78, 5) is 8.50. The maximum atomic E-state index is 14.9. The fourth-order valence-corrected chi connectivity index (χ4v) is 3.31. The Labute approximate surface area is 166 Å². The lowest BCUT2D eigenvalue weighted by Gasteiger charge is -2.08. The quantitative estimate of drug-likeness (QED) is 0.518. The number of halogens is 1. The first-order valence-electron chi connectivity index (χ1n) is 9.22. The number of rotatable bonds is 5. The number of ether oxygens (including phenoxy) is 2. The molecule has 0 unspecified atom stereocenters. The number of hydrogen-bond donors (Lipinski definition) is 0. The van der Waals surface area contributed by atoms with Crippen LogP contribution in [0.15, 0.2) is 67.1 Å². The maximum Gasteiger partial charge on any atom is 0.228 e. The van der Waals surface area contributed by atoms with E-state index in [0.717, 1.165) is 16.7 Å². The molecule has 0 N–H and O–H groups in total. The van der Waals surface area contributed by atoms with Crippen LogP contribution >= 0.6 is 0 Å². The molecule has 29 heavy (non-hydrogen) atoms. The van der Waals surface area contributed by atoms with Crippen molar-refractivity contribution < 1.29 is 13.9 Å². The molecule has 0 aliphatic carbocycles. The van der Waals surface area contributed by atoms with E-state index in [1.165, 1.54) is 17.1 Å². The Kier molecular flexibility index (Phi) is 4.50. The van der Waals surface area contributed by atoms with Crippen molar-refractivity contribution in [1.29, 1.82) is 0 Å². The summed E-state index contributed by atoms with van der Waals surface area (Å²) in [7, 11) is 0. The van der Waals surface area contributed by atoms with Gasteiger partial charge in [-0.1, -0.05) is 42.5 Å². The predicted octanol–water partition coefficient (Wildman–Crippen LogP) is 3.95. The van der Waals surface area contributed by atoms with Gasteiger partial charge in [-0.05, 0) is 28.8 Å². The molecule has 0 fully saturated rings. The van der Waals surface area contributed by atoms with Crippen LogP contribution in [0.5, 0.6) is 5.88 Å². The molecule has 7 heteroatoms. The third kappa shape index (κ3) is 3.36. The summed E-state index contributed by atoms with van der Waals surface area (Å²) in [6.45, 7) is 1.43. The average Bonchev–Trinajstić information content (AvgIpc) is 3.43. The topological polar surface area (TPSA) is 62.1 Å². The number of nitrogens with zero attached hydrogens (tertiary/aromatic N) is 4. The van der Waals surface area contributed by atoms with Crippen molar-refractivity contribution in [2.75, 3.05) is 13.2 Å².